The predicted octanol–water partition coefficient (Wildman–Crippen LogP) is 4.90. The number of carbonyl (C=O) groups is 2. The number of halogens is 1. The topological polar surface area (TPSA) is 82.7 Å². The number of rotatable bonds is 12. The lowest BCUT2D eigenvalue weighted by Crippen LogP contribution is -2.52. The highest BCUT2D eigenvalue weighted by molar-refractivity contribution is 6.30. The molecule has 1 aliphatic carbocycles. The van der Waals surface area contributed by atoms with Gasteiger partial charge in [0.2, 0.25) is 5.91 Å². The van der Waals surface area contributed by atoms with Crippen LogP contribution in [0.15, 0.2) is 24.3 Å². The number of hydrogen-bond donors (Lipinski definition) is 3. The molecule has 0 bridgehead atoms. The number of carbonyl (C=O) groups excluding carboxylic acids is 2. The molecule has 1 aliphatic heterocycles. The zero-order valence-corrected chi connectivity index (χ0v) is 22.8. The zero-order valence-electron chi connectivity index (χ0n) is 22.1. The van der Waals surface area contributed by atoms with Crippen molar-refractivity contribution in [1.82, 2.24) is 20.9 Å². The fourth-order valence-electron chi connectivity index (χ4n) is 5.73. The summed E-state index contributed by atoms with van der Waals surface area (Å²) in [4.78, 5) is 26.9. The number of likely N-dealkylation sites (N-methyl/N-ethyl adjacent to an activating group) is 1. The molecule has 2 aliphatic rings. The first-order valence-electron chi connectivity index (χ1n) is 13.8. The second kappa shape index (κ2) is 15.4. The third kappa shape index (κ3) is 9.24. The summed E-state index contributed by atoms with van der Waals surface area (Å²) in [5, 5.41) is 9.93. The molecule has 3 atom stereocenters. The number of amides is 3. The third-order valence-corrected chi connectivity index (χ3v) is 7.83. The van der Waals surface area contributed by atoms with Crippen LogP contribution in [0.2, 0.25) is 5.02 Å². The summed E-state index contributed by atoms with van der Waals surface area (Å²) in [6, 6.07) is 7.98. The van der Waals surface area contributed by atoms with E-state index in [1.807, 2.05) is 36.2 Å². The van der Waals surface area contributed by atoms with Gasteiger partial charge in [-0.15, -0.1) is 0 Å². The van der Waals surface area contributed by atoms with Crippen LogP contribution in [0.4, 0.5) is 4.79 Å². The Balaban J connectivity index is 1.62. The first-order chi connectivity index (χ1) is 17.5. The number of likely N-dealkylation sites (tertiary alicyclic amines) is 1. The molecular formula is C28H45ClN4O3. The maximum absolute atomic E-state index is 13.3. The molecule has 1 heterocycles. The Hall–Kier alpha value is -1.83. The van der Waals surface area contributed by atoms with Crippen molar-refractivity contribution in [1.29, 1.82) is 0 Å². The molecule has 2 fully saturated rings. The largest absolute Gasteiger partial charge is 0.373 e. The predicted molar refractivity (Wildman–Crippen MR) is 145 cm³/mol. The highest BCUT2D eigenvalue weighted by atomic mass is 35.5. The fourth-order valence-corrected chi connectivity index (χ4v) is 5.93. The molecule has 36 heavy (non-hydrogen) atoms. The van der Waals surface area contributed by atoms with E-state index in [0.717, 1.165) is 37.9 Å². The van der Waals surface area contributed by atoms with E-state index in [9.17, 15) is 9.59 Å². The molecule has 1 aromatic rings. The lowest BCUT2D eigenvalue weighted by Gasteiger charge is -2.38. The lowest BCUT2D eigenvalue weighted by molar-refractivity contribution is -0.121. The van der Waals surface area contributed by atoms with Gasteiger partial charge >= 0.3 is 6.03 Å². The highest BCUT2D eigenvalue weighted by Gasteiger charge is 2.32. The number of urea groups is 1. The van der Waals surface area contributed by atoms with Crippen LogP contribution in [0, 0.1) is 11.8 Å². The summed E-state index contributed by atoms with van der Waals surface area (Å²) in [6.07, 6.45) is 10.4. The molecule has 3 rings (SSSR count). The molecule has 1 aromatic carbocycles. The normalized spacial score (nSPS) is 20.5. The SMILES string of the molecule is CNC[C@H](CC1CCCCC1)NC(=O)N1CCC[C@@H](C(OCCCC(=O)NC)c2cccc(Cl)c2)C1. The molecule has 7 nitrogen and oxygen atoms in total. The van der Waals surface area contributed by atoms with E-state index in [4.69, 9.17) is 16.3 Å². The molecule has 202 valence electrons. The Morgan fingerprint density at radius 2 is 1.94 bits per heavy atom. The van der Waals surface area contributed by atoms with Crippen molar-refractivity contribution in [3.8, 4) is 0 Å². The molecule has 1 saturated carbocycles. The van der Waals surface area contributed by atoms with E-state index in [1.54, 1.807) is 7.05 Å². The molecule has 1 saturated heterocycles. The average Bonchev–Trinajstić information content (AvgIpc) is 2.89. The molecule has 0 aromatic heterocycles. The fraction of sp³-hybridized carbons (Fsp3) is 0.714. The lowest BCUT2D eigenvalue weighted by atomic mass is 9.85. The molecular weight excluding hydrogens is 476 g/mol. The Bertz CT molecular complexity index is 818. The van der Waals surface area contributed by atoms with Crippen LogP contribution in [0.3, 0.4) is 0 Å². The van der Waals surface area contributed by atoms with E-state index in [2.05, 4.69) is 16.0 Å². The summed E-state index contributed by atoms with van der Waals surface area (Å²) in [5.74, 6) is 0.897. The first-order valence-corrected chi connectivity index (χ1v) is 14.2. The average molecular weight is 521 g/mol. The van der Waals surface area contributed by atoms with Crippen molar-refractivity contribution >= 4 is 23.5 Å². The number of ether oxygens (including phenoxy) is 1. The summed E-state index contributed by atoms with van der Waals surface area (Å²) < 4.78 is 6.36. The summed E-state index contributed by atoms with van der Waals surface area (Å²) in [5.41, 5.74) is 1.03. The van der Waals surface area contributed by atoms with Crippen LogP contribution in [-0.2, 0) is 9.53 Å². The maximum atomic E-state index is 13.3. The molecule has 0 spiro atoms. The van der Waals surface area contributed by atoms with Crippen molar-refractivity contribution in [3.05, 3.63) is 34.9 Å². The minimum atomic E-state index is -0.167. The molecule has 3 amide bonds. The minimum absolute atomic E-state index is 0.0165. The van der Waals surface area contributed by atoms with E-state index >= 15 is 0 Å². The van der Waals surface area contributed by atoms with Crippen LogP contribution in [-0.4, -0.2) is 63.2 Å². The number of piperidine rings is 1. The standard InChI is InChI=1S/C28H45ClN4O3/c1-30-19-25(17-21-9-4-3-5-10-21)32-28(35)33-15-7-12-23(20-33)27(22-11-6-13-24(29)18-22)36-16-8-14-26(34)31-2/h6,11,13,18,21,23,25,27,30H,3-5,7-10,12,14-17,19-20H2,1-2H3,(H,31,34)(H,32,35)/t23-,25+,27?/m1/s1. The first kappa shape index (κ1) is 28.7. The van der Waals surface area contributed by atoms with Gasteiger partial charge in [-0.05, 0) is 56.3 Å². The van der Waals surface area contributed by atoms with Gasteiger partial charge in [0.1, 0.15) is 0 Å². The zero-order chi connectivity index (χ0) is 25.8. The Kier molecular flexibility index (Phi) is 12.3. The quantitative estimate of drug-likeness (QED) is 0.342. The van der Waals surface area contributed by atoms with Crippen molar-refractivity contribution in [2.75, 3.05) is 40.3 Å². The van der Waals surface area contributed by atoms with Gasteiger partial charge in [0.25, 0.3) is 0 Å². The summed E-state index contributed by atoms with van der Waals surface area (Å²) in [7, 11) is 3.60. The minimum Gasteiger partial charge on any atom is -0.373 e. The van der Waals surface area contributed by atoms with Crippen molar-refractivity contribution < 1.29 is 14.3 Å². The van der Waals surface area contributed by atoms with Crippen LogP contribution >= 0.6 is 11.6 Å². The van der Waals surface area contributed by atoms with Gasteiger partial charge in [0, 0.05) is 56.7 Å². The van der Waals surface area contributed by atoms with Gasteiger partial charge in [-0.2, -0.15) is 0 Å². The summed E-state index contributed by atoms with van der Waals surface area (Å²) >= 11 is 6.31. The smallest absolute Gasteiger partial charge is 0.317 e. The van der Waals surface area contributed by atoms with Crippen molar-refractivity contribution in [2.24, 2.45) is 11.8 Å². The molecule has 0 radical (unpaired) electrons. The number of nitrogens with zero attached hydrogens (tertiary/aromatic N) is 1. The Morgan fingerprint density at radius 3 is 2.67 bits per heavy atom. The van der Waals surface area contributed by atoms with Crippen LogP contribution < -0.4 is 16.0 Å². The van der Waals surface area contributed by atoms with Crippen LogP contribution in [0.25, 0.3) is 0 Å². The number of benzene rings is 1. The number of hydrogen-bond acceptors (Lipinski definition) is 4. The van der Waals surface area contributed by atoms with E-state index in [0.29, 0.717) is 36.9 Å². The number of nitrogens with one attached hydrogen (secondary N) is 3. The second-order valence-electron chi connectivity index (χ2n) is 10.4. The van der Waals surface area contributed by atoms with Gasteiger partial charge in [-0.3, -0.25) is 4.79 Å². The van der Waals surface area contributed by atoms with Crippen molar-refractivity contribution in [3.63, 3.8) is 0 Å². The van der Waals surface area contributed by atoms with Crippen LogP contribution in [0.5, 0.6) is 0 Å². The van der Waals surface area contributed by atoms with E-state index in [-0.39, 0.29) is 30.0 Å². The third-order valence-electron chi connectivity index (χ3n) is 7.60. The molecule has 3 N–H and O–H groups in total. The van der Waals surface area contributed by atoms with Gasteiger partial charge in [-0.25, -0.2) is 4.79 Å². The van der Waals surface area contributed by atoms with Gasteiger partial charge in [0.15, 0.2) is 0 Å². The molecule has 8 heteroatoms. The van der Waals surface area contributed by atoms with Gasteiger partial charge in [0.05, 0.1) is 6.10 Å². The Morgan fingerprint density at radius 1 is 1.14 bits per heavy atom. The van der Waals surface area contributed by atoms with Crippen LogP contribution in [0.1, 0.15) is 75.9 Å². The van der Waals surface area contributed by atoms with Gasteiger partial charge in [-0.1, -0.05) is 55.8 Å². The van der Waals surface area contributed by atoms with Crippen molar-refractivity contribution in [2.45, 2.75) is 76.4 Å². The monoisotopic (exact) mass is 520 g/mol. The highest BCUT2D eigenvalue weighted by Crippen LogP contribution is 2.34. The van der Waals surface area contributed by atoms with Gasteiger partial charge < -0.3 is 25.6 Å². The Labute approximate surface area is 222 Å². The second-order valence-corrected chi connectivity index (χ2v) is 10.9. The summed E-state index contributed by atoms with van der Waals surface area (Å²) in [6.45, 7) is 2.68. The van der Waals surface area contributed by atoms with E-state index in [1.165, 1.54) is 32.1 Å². The maximum Gasteiger partial charge on any atom is 0.317 e. The molecule has 1 unspecified atom stereocenters. The van der Waals surface area contributed by atoms with E-state index < -0.39 is 0 Å².